The highest BCUT2D eigenvalue weighted by atomic mass is 19.1. The van der Waals surface area contributed by atoms with Crippen molar-refractivity contribution in [1.82, 2.24) is 0 Å². The van der Waals surface area contributed by atoms with E-state index in [0.717, 1.165) is 25.9 Å². The molecular weight excluding hydrogens is 234 g/mol. The quantitative estimate of drug-likeness (QED) is 0.732. The lowest BCUT2D eigenvalue weighted by Crippen LogP contribution is -3.17. The summed E-state index contributed by atoms with van der Waals surface area (Å²) in [7, 11) is 4.24. The average molecular weight is 256 g/mol. The highest BCUT2D eigenvalue weighted by Gasteiger charge is 2.27. The van der Waals surface area contributed by atoms with Gasteiger partial charge in [-0.05, 0) is 12.1 Å². The number of piperidine rings is 1. The van der Waals surface area contributed by atoms with Crippen LogP contribution in [-0.4, -0.2) is 33.2 Å². The van der Waals surface area contributed by atoms with E-state index in [0.29, 0.717) is 12.6 Å². The monoisotopic (exact) mass is 256 g/mol. The molecule has 1 heterocycles. The van der Waals surface area contributed by atoms with Gasteiger partial charge in [0.05, 0.1) is 38.8 Å². The Bertz CT molecular complexity index is 381. The van der Waals surface area contributed by atoms with E-state index in [9.17, 15) is 8.78 Å². The molecule has 0 spiro atoms. The summed E-state index contributed by atoms with van der Waals surface area (Å²) in [4.78, 5) is 2.77. The molecule has 0 saturated carbocycles. The molecular formula is C14H22F2N2+2. The first kappa shape index (κ1) is 13.4. The van der Waals surface area contributed by atoms with Crippen LogP contribution >= 0.6 is 0 Å². The van der Waals surface area contributed by atoms with Crippen LogP contribution in [-0.2, 0) is 6.54 Å². The van der Waals surface area contributed by atoms with Crippen molar-refractivity contribution in [3.8, 4) is 0 Å². The first-order valence-electron chi connectivity index (χ1n) is 6.64. The second-order valence-electron chi connectivity index (χ2n) is 5.45. The van der Waals surface area contributed by atoms with E-state index < -0.39 is 11.6 Å². The van der Waals surface area contributed by atoms with E-state index in [-0.39, 0.29) is 5.56 Å². The molecule has 0 radical (unpaired) electrons. The summed E-state index contributed by atoms with van der Waals surface area (Å²) in [5.41, 5.74) is 0.223. The van der Waals surface area contributed by atoms with E-state index in [1.807, 2.05) is 7.05 Å². The number of nitrogens with one attached hydrogen (secondary N) is 2. The van der Waals surface area contributed by atoms with Gasteiger partial charge < -0.3 is 9.80 Å². The fourth-order valence-corrected chi connectivity index (χ4v) is 2.73. The Morgan fingerprint density at radius 2 is 1.78 bits per heavy atom. The van der Waals surface area contributed by atoms with Gasteiger partial charge in [0.15, 0.2) is 0 Å². The summed E-state index contributed by atoms with van der Waals surface area (Å²) in [5, 5.41) is 0. The normalized spacial score (nSPS) is 26.0. The van der Waals surface area contributed by atoms with Crippen molar-refractivity contribution in [1.29, 1.82) is 0 Å². The number of rotatable bonds is 3. The lowest BCUT2D eigenvalue weighted by Gasteiger charge is -2.30. The minimum Gasteiger partial charge on any atom is -0.337 e. The molecule has 1 fully saturated rings. The van der Waals surface area contributed by atoms with Crippen molar-refractivity contribution in [2.24, 2.45) is 0 Å². The van der Waals surface area contributed by atoms with E-state index in [4.69, 9.17) is 0 Å². The standard InChI is InChI=1S/C14H20F2N2/c1-17-8-6-11(7-9-17)18(2)10-12-13(15)4-3-5-14(12)16/h3-5,11H,6-10H2,1-2H3/p+2. The lowest BCUT2D eigenvalue weighted by atomic mass is 10.0. The van der Waals surface area contributed by atoms with Crippen molar-refractivity contribution in [2.45, 2.75) is 25.4 Å². The summed E-state index contributed by atoms with van der Waals surface area (Å²) in [6.45, 7) is 2.74. The summed E-state index contributed by atoms with van der Waals surface area (Å²) < 4.78 is 27.2. The number of hydrogen-bond donors (Lipinski definition) is 2. The first-order chi connectivity index (χ1) is 8.58. The maximum atomic E-state index is 13.6. The number of quaternary nitrogens is 2. The predicted octanol–water partition coefficient (Wildman–Crippen LogP) is -0.343. The van der Waals surface area contributed by atoms with E-state index >= 15 is 0 Å². The van der Waals surface area contributed by atoms with E-state index in [2.05, 4.69) is 7.05 Å². The summed E-state index contributed by atoms with van der Waals surface area (Å²) in [6, 6.07) is 4.62. The van der Waals surface area contributed by atoms with Gasteiger partial charge in [-0.25, -0.2) is 8.78 Å². The molecule has 18 heavy (non-hydrogen) atoms. The molecule has 1 aromatic rings. The van der Waals surface area contributed by atoms with Gasteiger partial charge in [0, 0.05) is 12.8 Å². The number of benzene rings is 1. The Hall–Kier alpha value is -1.00. The average Bonchev–Trinajstić information content (AvgIpc) is 2.34. The molecule has 1 unspecified atom stereocenters. The molecule has 4 heteroatoms. The molecule has 0 aromatic heterocycles. The first-order valence-corrected chi connectivity index (χ1v) is 6.64. The zero-order valence-electron chi connectivity index (χ0n) is 11.1. The van der Waals surface area contributed by atoms with Gasteiger partial charge >= 0.3 is 0 Å². The van der Waals surface area contributed by atoms with Crippen LogP contribution in [0.2, 0.25) is 0 Å². The van der Waals surface area contributed by atoms with Gasteiger partial charge in [0.25, 0.3) is 0 Å². The van der Waals surface area contributed by atoms with E-state index in [1.54, 1.807) is 4.90 Å². The molecule has 1 aliphatic heterocycles. The second-order valence-corrected chi connectivity index (χ2v) is 5.45. The van der Waals surface area contributed by atoms with Gasteiger partial charge in [0.1, 0.15) is 18.2 Å². The zero-order valence-corrected chi connectivity index (χ0v) is 11.1. The third kappa shape index (κ3) is 3.06. The van der Waals surface area contributed by atoms with E-state index in [1.165, 1.54) is 23.1 Å². The topological polar surface area (TPSA) is 8.88 Å². The van der Waals surface area contributed by atoms with Gasteiger partial charge in [-0.2, -0.15) is 0 Å². The van der Waals surface area contributed by atoms with Crippen LogP contribution < -0.4 is 9.80 Å². The molecule has 1 aromatic carbocycles. The van der Waals surface area contributed by atoms with Crippen molar-refractivity contribution < 1.29 is 18.6 Å². The largest absolute Gasteiger partial charge is 0.337 e. The maximum absolute atomic E-state index is 13.6. The van der Waals surface area contributed by atoms with Gasteiger partial charge in [0.2, 0.25) is 0 Å². The van der Waals surface area contributed by atoms with Gasteiger partial charge in [-0.15, -0.1) is 0 Å². The molecule has 1 atom stereocenters. The summed E-state index contributed by atoms with van der Waals surface area (Å²) in [6.07, 6.45) is 2.27. The number of hydrogen-bond acceptors (Lipinski definition) is 0. The predicted molar refractivity (Wildman–Crippen MR) is 66.6 cm³/mol. The Labute approximate surface area is 107 Å². The SMILES string of the molecule is C[NH+]1CCC([NH+](C)Cc2c(F)cccc2F)CC1. The molecule has 2 rings (SSSR count). The fraction of sp³-hybridized carbons (Fsp3) is 0.571. The van der Waals surface area contributed by atoms with Crippen LogP contribution in [0.15, 0.2) is 18.2 Å². The van der Waals surface area contributed by atoms with Crippen LogP contribution in [0.5, 0.6) is 0 Å². The minimum absolute atomic E-state index is 0.223. The molecule has 2 N–H and O–H groups in total. The second kappa shape index (κ2) is 5.76. The molecule has 0 bridgehead atoms. The van der Waals surface area contributed by atoms with Crippen LogP contribution in [0.3, 0.4) is 0 Å². The Morgan fingerprint density at radius 1 is 1.22 bits per heavy atom. The molecule has 2 nitrogen and oxygen atoms in total. The minimum atomic E-state index is -0.423. The smallest absolute Gasteiger partial charge is 0.135 e. The van der Waals surface area contributed by atoms with Crippen LogP contribution in [0, 0.1) is 11.6 Å². The Balaban J connectivity index is 2.00. The summed E-state index contributed by atoms with van der Waals surface area (Å²) in [5.74, 6) is -0.846. The lowest BCUT2D eigenvalue weighted by molar-refractivity contribution is -0.948. The molecule has 0 aliphatic carbocycles. The molecule has 1 aliphatic rings. The van der Waals surface area contributed by atoms with Gasteiger partial charge in [-0.3, -0.25) is 0 Å². The van der Waals surface area contributed by atoms with Gasteiger partial charge in [-0.1, -0.05) is 6.07 Å². The Morgan fingerprint density at radius 3 is 2.33 bits per heavy atom. The van der Waals surface area contributed by atoms with Crippen molar-refractivity contribution in [3.05, 3.63) is 35.4 Å². The van der Waals surface area contributed by atoms with Crippen LogP contribution in [0.4, 0.5) is 8.78 Å². The van der Waals surface area contributed by atoms with Crippen molar-refractivity contribution >= 4 is 0 Å². The summed E-state index contributed by atoms with van der Waals surface area (Å²) >= 11 is 0. The number of halogens is 2. The Kier molecular flexibility index (Phi) is 4.30. The van der Waals surface area contributed by atoms with Crippen molar-refractivity contribution in [3.63, 3.8) is 0 Å². The third-order valence-electron chi connectivity index (χ3n) is 4.05. The highest BCUT2D eigenvalue weighted by molar-refractivity contribution is 5.18. The van der Waals surface area contributed by atoms with Crippen LogP contribution in [0.1, 0.15) is 18.4 Å². The maximum Gasteiger partial charge on any atom is 0.135 e. The zero-order chi connectivity index (χ0) is 13.1. The highest BCUT2D eigenvalue weighted by Crippen LogP contribution is 2.10. The molecule has 0 amide bonds. The third-order valence-corrected chi connectivity index (χ3v) is 4.05. The number of likely N-dealkylation sites (tertiary alicyclic amines) is 1. The fourth-order valence-electron chi connectivity index (χ4n) is 2.73. The molecule has 1 saturated heterocycles. The van der Waals surface area contributed by atoms with Crippen LogP contribution in [0.25, 0.3) is 0 Å². The van der Waals surface area contributed by atoms with Crippen molar-refractivity contribution in [2.75, 3.05) is 27.2 Å². The molecule has 100 valence electrons.